The number of benzene rings is 1. The number of anilines is 1. The third-order valence-corrected chi connectivity index (χ3v) is 2.35. The summed E-state index contributed by atoms with van der Waals surface area (Å²) in [5.41, 5.74) is -0.399. The Kier molecular flexibility index (Phi) is 5.62. The second-order valence-electron chi connectivity index (χ2n) is 4.50. The number of rotatable bonds is 6. The molecule has 1 unspecified atom stereocenters. The summed E-state index contributed by atoms with van der Waals surface area (Å²) in [5, 5.41) is 12.3. The van der Waals surface area contributed by atoms with E-state index in [-0.39, 0.29) is 19.3 Å². The van der Waals surface area contributed by atoms with Gasteiger partial charge in [0.25, 0.3) is 0 Å². The third-order valence-electron chi connectivity index (χ3n) is 2.35. The molecule has 1 aromatic rings. The Bertz CT molecular complexity index is 394. The molecule has 0 fully saturated rings. The molecule has 0 aliphatic rings. The zero-order valence-corrected chi connectivity index (χ0v) is 10.9. The van der Waals surface area contributed by atoms with Crippen LogP contribution in [-0.4, -0.2) is 30.5 Å². The van der Waals surface area contributed by atoms with Crippen LogP contribution in [0.15, 0.2) is 24.3 Å². The molecule has 0 saturated heterocycles. The fraction of sp³-hybridized carbons (Fsp3) is 0.538. The van der Waals surface area contributed by atoms with E-state index in [0.29, 0.717) is 5.69 Å². The van der Waals surface area contributed by atoms with Gasteiger partial charge in [-0.2, -0.15) is 13.2 Å². The molecular weight excluding hydrogens is 259 g/mol. The fourth-order valence-corrected chi connectivity index (χ4v) is 1.40. The van der Waals surface area contributed by atoms with Crippen LogP contribution in [0.5, 0.6) is 0 Å². The first kappa shape index (κ1) is 15.8. The number of alkyl halides is 3. The topological polar surface area (TPSA) is 41.5 Å². The summed E-state index contributed by atoms with van der Waals surface area (Å²) in [6, 6.07) is 4.85. The van der Waals surface area contributed by atoms with Crippen molar-refractivity contribution in [2.45, 2.75) is 32.2 Å². The van der Waals surface area contributed by atoms with Crippen LogP contribution in [0.2, 0.25) is 0 Å². The SMILES string of the molecule is CC(C)OCC(O)CNc1cccc(C(F)(F)F)c1. The minimum Gasteiger partial charge on any atom is -0.389 e. The lowest BCUT2D eigenvalue weighted by Crippen LogP contribution is -2.26. The summed E-state index contributed by atoms with van der Waals surface area (Å²) >= 11 is 0. The van der Waals surface area contributed by atoms with E-state index in [1.165, 1.54) is 12.1 Å². The maximum absolute atomic E-state index is 12.5. The monoisotopic (exact) mass is 277 g/mol. The van der Waals surface area contributed by atoms with Crippen LogP contribution in [0, 0.1) is 0 Å². The number of aliphatic hydroxyl groups excluding tert-OH is 1. The Morgan fingerprint density at radius 3 is 2.58 bits per heavy atom. The van der Waals surface area contributed by atoms with Crippen molar-refractivity contribution in [1.29, 1.82) is 0 Å². The van der Waals surface area contributed by atoms with Crippen LogP contribution in [0.4, 0.5) is 18.9 Å². The van der Waals surface area contributed by atoms with Crippen LogP contribution in [0.25, 0.3) is 0 Å². The number of nitrogens with one attached hydrogen (secondary N) is 1. The summed E-state index contributed by atoms with van der Waals surface area (Å²) in [5.74, 6) is 0. The Hall–Kier alpha value is -1.27. The van der Waals surface area contributed by atoms with Crippen molar-refractivity contribution in [3.8, 4) is 0 Å². The van der Waals surface area contributed by atoms with Gasteiger partial charge in [-0.15, -0.1) is 0 Å². The van der Waals surface area contributed by atoms with Crippen LogP contribution in [0.1, 0.15) is 19.4 Å². The molecule has 1 aromatic carbocycles. The minimum absolute atomic E-state index is 0.00297. The fourth-order valence-electron chi connectivity index (χ4n) is 1.40. The van der Waals surface area contributed by atoms with Crippen molar-refractivity contribution in [2.75, 3.05) is 18.5 Å². The molecule has 2 N–H and O–H groups in total. The van der Waals surface area contributed by atoms with Crippen molar-refractivity contribution in [1.82, 2.24) is 0 Å². The maximum atomic E-state index is 12.5. The van der Waals surface area contributed by atoms with E-state index in [9.17, 15) is 18.3 Å². The molecule has 0 spiro atoms. The van der Waals surface area contributed by atoms with Gasteiger partial charge in [-0.05, 0) is 32.0 Å². The summed E-state index contributed by atoms with van der Waals surface area (Å²) in [6.45, 7) is 3.96. The van der Waals surface area contributed by atoms with Gasteiger partial charge in [0.1, 0.15) is 0 Å². The second-order valence-corrected chi connectivity index (χ2v) is 4.50. The van der Waals surface area contributed by atoms with E-state index >= 15 is 0 Å². The van der Waals surface area contributed by atoms with E-state index in [1.54, 1.807) is 0 Å². The van der Waals surface area contributed by atoms with Gasteiger partial charge in [0, 0.05) is 12.2 Å². The Morgan fingerprint density at radius 1 is 1.32 bits per heavy atom. The van der Waals surface area contributed by atoms with Crippen molar-refractivity contribution in [3.63, 3.8) is 0 Å². The standard InChI is InChI=1S/C13H18F3NO2/c1-9(2)19-8-12(18)7-17-11-5-3-4-10(6-11)13(14,15)16/h3-6,9,12,17-18H,7-8H2,1-2H3. The highest BCUT2D eigenvalue weighted by Crippen LogP contribution is 2.30. The highest BCUT2D eigenvalue weighted by molar-refractivity contribution is 5.46. The Morgan fingerprint density at radius 2 is 2.00 bits per heavy atom. The first-order valence-electron chi connectivity index (χ1n) is 6.00. The largest absolute Gasteiger partial charge is 0.416 e. The first-order chi connectivity index (χ1) is 8.79. The maximum Gasteiger partial charge on any atom is 0.416 e. The summed E-state index contributed by atoms with van der Waals surface area (Å²) in [4.78, 5) is 0. The van der Waals surface area contributed by atoms with Crippen molar-refractivity contribution < 1.29 is 23.0 Å². The molecule has 0 radical (unpaired) electrons. The molecule has 3 nitrogen and oxygen atoms in total. The van der Waals surface area contributed by atoms with Crippen LogP contribution in [0.3, 0.4) is 0 Å². The lowest BCUT2D eigenvalue weighted by atomic mass is 10.2. The van der Waals surface area contributed by atoms with Gasteiger partial charge in [-0.3, -0.25) is 0 Å². The predicted molar refractivity (Wildman–Crippen MR) is 67.0 cm³/mol. The summed E-state index contributed by atoms with van der Waals surface area (Å²) in [6.07, 6.45) is -5.13. The number of aliphatic hydroxyl groups is 1. The quantitative estimate of drug-likeness (QED) is 0.840. The van der Waals surface area contributed by atoms with Crippen molar-refractivity contribution in [2.24, 2.45) is 0 Å². The van der Waals surface area contributed by atoms with E-state index in [4.69, 9.17) is 4.74 Å². The molecule has 19 heavy (non-hydrogen) atoms. The van der Waals surface area contributed by atoms with Crippen LogP contribution < -0.4 is 5.32 Å². The Balaban J connectivity index is 2.49. The molecule has 1 rings (SSSR count). The van der Waals surface area contributed by atoms with Crippen LogP contribution >= 0.6 is 0 Å². The number of ether oxygens (including phenoxy) is 1. The molecule has 6 heteroatoms. The van der Waals surface area contributed by atoms with Gasteiger partial charge in [-0.25, -0.2) is 0 Å². The molecule has 0 aliphatic carbocycles. The molecule has 0 aliphatic heterocycles. The smallest absolute Gasteiger partial charge is 0.389 e. The van der Waals surface area contributed by atoms with Crippen molar-refractivity contribution >= 4 is 5.69 Å². The van der Waals surface area contributed by atoms with Gasteiger partial charge in [0.2, 0.25) is 0 Å². The van der Waals surface area contributed by atoms with E-state index in [0.717, 1.165) is 12.1 Å². The molecule has 0 saturated carbocycles. The summed E-state index contributed by atoms with van der Waals surface area (Å²) < 4.78 is 42.6. The minimum atomic E-state index is -4.36. The van der Waals surface area contributed by atoms with E-state index in [1.807, 2.05) is 13.8 Å². The third kappa shape index (κ3) is 5.94. The molecule has 0 aromatic heterocycles. The normalized spacial score (nSPS) is 13.6. The first-order valence-corrected chi connectivity index (χ1v) is 6.00. The predicted octanol–water partition coefficient (Wildman–Crippen LogP) is 2.90. The highest BCUT2D eigenvalue weighted by Gasteiger charge is 2.30. The zero-order valence-electron chi connectivity index (χ0n) is 10.9. The highest BCUT2D eigenvalue weighted by atomic mass is 19.4. The van der Waals surface area contributed by atoms with Gasteiger partial charge in [-0.1, -0.05) is 6.07 Å². The molecule has 108 valence electrons. The molecule has 0 amide bonds. The molecule has 0 heterocycles. The van der Waals surface area contributed by atoms with Gasteiger partial charge >= 0.3 is 6.18 Å². The van der Waals surface area contributed by atoms with Crippen LogP contribution in [-0.2, 0) is 10.9 Å². The lowest BCUT2D eigenvalue weighted by Gasteiger charge is -2.15. The van der Waals surface area contributed by atoms with Crippen molar-refractivity contribution in [3.05, 3.63) is 29.8 Å². The second kappa shape index (κ2) is 6.77. The van der Waals surface area contributed by atoms with Gasteiger partial charge in [0.15, 0.2) is 0 Å². The average molecular weight is 277 g/mol. The van der Waals surface area contributed by atoms with Gasteiger partial charge in [0.05, 0.1) is 24.4 Å². The van der Waals surface area contributed by atoms with Gasteiger partial charge < -0.3 is 15.2 Å². The van der Waals surface area contributed by atoms with E-state index in [2.05, 4.69) is 5.32 Å². The molecular formula is C13H18F3NO2. The molecule has 1 atom stereocenters. The van der Waals surface area contributed by atoms with E-state index < -0.39 is 17.8 Å². The number of hydrogen-bond acceptors (Lipinski definition) is 3. The Labute approximate surface area is 110 Å². The summed E-state index contributed by atoms with van der Waals surface area (Å²) in [7, 11) is 0. The average Bonchev–Trinajstić information content (AvgIpc) is 2.33. The number of hydrogen-bond donors (Lipinski definition) is 2. The number of halogens is 3. The molecule has 0 bridgehead atoms. The lowest BCUT2D eigenvalue weighted by molar-refractivity contribution is -0.137. The zero-order chi connectivity index (χ0) is 14.5.